The maximum atomic E-state index is 11.1. The van der Waals surface area contributed by atoms with Crippen molar-refractivity contribution in [2.24, 2.45) is 0 Å². The van der Waals surface area contributed by atoms with Crippen LogP contribution in [0.4, 0.5) is 0 Å². The third-order valence-electron chi connectivity index (χ3n) is 2.86. The van der Waals surface area contributed by atoms with Gasteiger partial charge in [-0.25, -0.2) is 4.79 Å². The zero-order valence-electron chi connectivity index (χ0n) is 9.59. The van der Waals surface area contributed by atoms with Crippen LogP contribution in [0.2, 0.25) is 0 Å². The van der Waals surface area contributed by atoms with Crippen LogP contribution in [0.25, 0.3) is 10.8 Å². The number of rotatable bonds is 4. The number of hydrogen-bond donors (Lipinski definition) is 2. The number of hydrogen-bond acceptors (Lipinski definition) is 3. The third-order valence-corrected chi connectivity index (χ3v) is 2.86. The number of carboxylic acid groups (broad SMARTS) is 1. The molecule has 0 atom stereocenters. The summed E-state index contributed by atoms with van der Waals surface area (Å²) < 4.78 is 0. The topological polar surface area (TPSA) is 74.6 Å². The molecule has 2 N–H and O–H groups in total. The zero-order valence-corrected chi connectivity index (χ0v) is 9.59. The van der Waals surface area contributed by atoms with E-state index in [4.69, 9.17) is 5.11 Å². The molecule has 4 nitrogen and oxygen atoms in total. The van der Waals surface area contributed by atoms with Gasteiger partial charge in [0.2, 0.25) is 5.78 Å². The number of benzene rings is 2. The number of carboxylic acids is 1. The molecule has 0 aliphatic rings. The summed E-state index contributed by atoms with van der Waals surface area (Å²) in [5.41, 5.74) is 0.614. The molecule has 4 heteroatoms. The van der Waals surface area contributed by atoms with Gasteiger partial charge in [0.25, 0.3) is 0 Å². The molecule has 92 valence electrons. The number of fused-ring (bicyclic) bond motifs is 1. The smallest absolute Gasteiger partial charge is 0.372 e. The van der Waals surface area contributed by atoms with E-state index in [0.29, 0.717) is 5.56 Å². The van der Waals surface area contributed by atoms with Crippen LogP contribution in [0.3, 0.4) is 0 Å². The van der Waals surface area contributed by atoms with E-state index in [2.05, 4.69) is 0 Å². The summed E-state index contributed by atoms with van der Waals surface area (Å²) in [6.07, 6.45) is 0.106. The number of aromatic hydroxyl groups is 1. The van der Waals surface area contributed by atoms with Crippen LogP contribution in [0.5, 0.6) is 5.75 Å². The first-order valence-electron chi connectivity index (χ1n) is 5.55. The maximum absolute atomic E-state index is 11.1. The van der Waals surface area contributed by atoms with Gasteiger partial charge in [-0.15, -0.1) is 0 Å². The molecular formula is C14H12O4. The van der Waals surface area contributed by atoms with Crippen molar-refractivity contribution in [2.45, 2.75) is 12.8 Å². The predicted molar refractivity (Wildman–Crippen MR) is 66.6 cm³/mol. The lowest BCUT2D eigenvalue weighted by atomic mass is 9.99. The summed E-state index contributed by atoms with van der Waals surface area (Å²) >= 11 is 0. The Morgan fingerprint density at radius 3 is 2.50 bits per heavy atom. The van der Waals surface area contributed by atoms with E-state index in [9.17, 15) is 14.7 Å². The molecule has 0 fully saturated rings. The highest BCUT2D eigenvalue weighted by Crippen LogP contribution is 2.28. The first kappa shape index (κ1) is 12.1. The van der Waals surface area contributed by atoms with E-state index in [1.54, 1.807) is 12.1 Å². The lowest BCUT2D eigenvalue weighted by molar-refractivity contribution is -0.149. The van der Waals surface area contributed by atoms with Gasteiger partial charge in [0.1, 0.15) is 5.75 Å². The monoisotopic (exact) mass is 244 g/mol. The van der Waals surface area contributed by atoms with Crippen molar-refractivity contribution in [2.75, 3.05) is 0 Å². The fourth-order valence-corrected chi connectivity index (χ4v) is 1.93. The number of carbonyl (C=O) groups excluding carboxylic acids is 1. The van der Waals surface area contributed by atoms with Crippen molar-refractivity contribution in [3.8, 4) is 5.75 Å². The van der Waals surface area contributed by atoms with Crippen LogP contribution in [-0.4, -0.2) is 22.0 Å². The summed E-state index contributed by atoms with van der Waals surface area (Å²) in [6, 6.07) is 10.8. The molecule has 0 bridgehead atoms. The number of carbonyl (C=O) groups is 2. The minimum absolute atomic E-state index is 0.0897. The van der Waals surface area contributed by atoms with Crippen molar-refractivity contribution in [3.63, 3.8) is 0 Å². The second-order valence-electron chi connectivity index (χ2n) is 4.01. The summed E-state index contributed by atoms with van der Waals surface area (Å²) in [5.74, 6) is -2.19. The number of phenols is 1. The molecule has 2 rings (SSSR count). The average molecular weight is 244 g/mol. The molecule has 2 aromatic carbocycles. The van der Waals surface area contributed by atoms with Gasteiger partial charge in [-0.1, -0.05) is 30.3 Å². The Morgan fingerprint density at radius 1 is 1.06 bits per heavy atom. The zero-order chi connectivity index (χ0) is 13.1. The highest BCUT2D eigenvalue weighted by atomic mass is 16.4. The fraction of sp³-hybridized carbons (Fsp3) is 0.143. The van der Waals surface area contributed by atoms with E-state index >= 15 is 0 Å². The van der Waals surface area contributed by atoms with Crippen LogP contribution in [0.1, 0.15) is 12.0 Å². The molecule has 0 heterocycles. The van der Waals surface area contributed by atoms with E-state index in [-0.39, 0.29) is 18.6 Å². The summed E-state index contributed by atoms with van der Waals surface area (Å²) in [6.45, 7) is 0. The largest absolute Gasteiger partial charge is 0.508 e. The number of Topliss-reactive ketones (excluding diaryl/α,β-unsaturated/α-hetero) is 1. The van der Waals surface area contributed by atoms with Crippen molar-refractivity contribution in [1.82, 2.24) is 0 Å². The van der Waals surface area contributed by atoms with Gasteiger partial charge in [-0.05, 0) is 23.3 Å². The van der Waals surface area contributed by atoms with Gasteiger partial charge in [0.05, 0.1) is 0 Å². The predicted octanol–water partition coefficient (Wildman–Crippen LogP) is 2.13. The molecule has 0 aromatic heterocycles. The van der Waals surface area contributed by atoms with Crippen molar-refractivity contribution < 1.29 is 19.8 Å². The fourth-order valence-electron chi connectivity index (χ4n) is 1.93. The van der Waals surface area contributed by atoms with Gasteiger partial charge in [-0.2, -0.15) is 0 Å². The van der Waals surface area contributed by atoms with Crippen LogP contribution < -0.4 is 0 Å². The second-order valence-corrected chi connectivity index (χ2v) is 4.01. The molecule has 2 aromatic rings. The van der Waals surface area contributed by atoms with Crippen molar-refractivity contribution in [1.29, 1.82) is 0 Å². The van der Waals surface area contributed by atoms with Gasteiger partial charge < -0.3 is 10.2 Å². The maximum Gasteiger partial charge on any atom is 0.372 e. The van der Waals surface area contributed by atoms with E-state index in [1.807, 2.05) is 24.3 Å². The van der Waals surface area contributed by atoms with Crippen LogP contribution in [-0.2, 0) is 16.0 Å². The Labute approximate surface area is 103 Å². The molecule has 0 unspecified atom stereocenters. The minimum Gasteiger partial charge on any atom is -0.508 e. The SMILES string of the molecule is O=C(O)C(=O)CCc1c(O)ccc2ccccc12. The number of ketones is 1. The molecule has 0 saturated carbocycles. The Balaban J connectivity index is 2.35. The highest BCUT2D eigenvalue weighted by molar-refractivity contribution is 6.32. The van der Waals surface area contributed by atoms with Crippen molar-refractivity contribution >= 4 is 22.5 Å². The molecule has 0 saturated heterocycles. The Bertz CT molecular complexity index is 616. The first-order valence-corrected chi connectivity index (χ1v) is 5.55. The molecule has 0 amide bonds. The average Bonchev–Trinajstić information content (AvgIpc) is 2.37. The number of phenolic OH excluding ortho intramolecular Hbond substituents is 1. The molecule has 0 aliphatic carbocycles. The third kappa shape index (κ3) is 2.32. The van der Waals surface area contributed by atoms with E-state index < -0.39 is 11.8 Å². The first-order chi connectivity index (χ1) is 8.59. The van der Waals surface area contributed by atoms with Crippen LogP contribution in [0.15, 0.2) is 36.4 Å². The highest BCUT2D eigenvalue weighted by Gasteiger charge is 2.14. The van der Waals surface area contributed by atoms with Gasteiger partial charge in [0.15, 0.2) is 0 Å². The summed E-state index contributed by atoms with van der Waals surface area (Å²) in [4.78, 5) is 21.5. The molecule has 0 aliphatic heterocycles. The molecule has 18 heavy (non-hydrogen) atoms. The van der Waals surface area contributed by atoms with Crippen LogP contribution in [0, 0.1) is 0 Å². The van der Waals surface area contributed by atoms with E-state index in [1.165, 1.54) is 0 Å². The van der Waals surface area contributed by atoms with Crippen molar-refractivity contribution in [3.05, 3.63) is 42.0 Å². The molecule has 0 radical (unpaired) electrons. The quantitative estimate of drug-likeness (QED) is 0.808. The van der Waals surface area contributed by atoms with Gasteiger partial charge >= 0.3 is 5.97 Å². The lowest BCUT2D eigenvalue weighted by Crippen LogP contribution is -2.13. The number of aryl methyl sites for hydroxylation is 1. The molecular weight excluding hydrogens is 232 g/mol. The summed E-state index contributed by atoms with van der Waals surface area (Å²) in [7, 11) is 0. The van der Waals surface area contributed by atoms with Gasteiger partial charge in [-0.3, -0.25) is 4.79 Å². The normalized spacial score (nSPS) is 10.4. The number of aliphatic carboxylic acids is 1. The molecule has 0 spiro atoms. The Morgan fingerprint density at radius 2 is 1.78 bits per heavy atom. The lowest BCUT2D eigenvalue weighted by Gasteiger charge is -2.08. The minimum atomic E-state index is -1.44. The van der Waals surface area contributed by atoms with E-state index in [0.717, 1.165) is 10.8 Å². The van der Waals surface area contributed by atoms with Gasteiger partial charge in [0, 0.05) is 12.0 Å². The standard InChI is InChI=1S/C14H12O4/c15-12-7-5-9-3-1-2-4-10(9)11(12)6-8-13(16)14(17)18/h1-5,7,15H,6,8H2,(H,17,18). The second kappa shape index (κ2) is 4.87. The Kier molecular flexibility index (Phi) is 3.28. The summed E-state index contributed by atoms with van der Waals surface area (Å²) in [5, 5.41) is 20.1. The Hall–Kier alpha value is -2.36. The van der Waals surface area contributed by atoms with Crippen LogP contribution >= 0.6 is 0 Å².